The first-order valence-corrected chi connectivity index (χ1v) is 9.03. The van der Waals surface area contributed by atoms with Gasteiger partial charge in [-0.1, -0.05) is 45.4 Å². The number of nitrogens with one attached hydrogen (secondary N) is 1. The summed E-state index contributed by atoms with van der Waals surface area (Å²) in [5, 5.41) is 3.00. The Hall–Kier alpha value is -2.24. The quantitative estimate of drug-likeness (QED) is 0.670. The van der Waals surface area contributed by atoms with Gasteiger partial charge in [0.2, 0.25) is 5.91 Å². The molecular formula is C19H26FN3O2. The van der Waals surface area contributed by atoms with Crippen LogP contribution in [0, 0.1) is 5.82 Å². The Morgan fingerprint density at radius 1 is 1.16 bits per heavy atom. The second-order valence-corrected chi connectivity index (χ2v) is 6.31. The molecule has 0 fully saturated rings. The summed E-state index contributed by atoms with van der Waals surface area (Å²) in [6, 6.07) is 3.86. The maximum absolute atomic E-state index is 13.3. The number of aromatic nitrogens is 2. The number of halogens is 1. The lowest BCUT2D eigenvalue weighted by molar-refractivity contribution is -0.121. The Kier molecular flexibility index (Phi) is 7.57. The first-order valence-electron chi connectivity index (χ1n) is 9.03. The molecule has 0 aliphatic rings. The van der Waals surface area contributed by atoms with Crippen molar-refractivity contribution in [2.45, 2.75) is 58.4 Å². The van der Waals surface area contributed by atoms with Gasteiger partial charge in [0, 0.05) is 6.54 Å². The van der Waals surface area contributed by atoms with Crippen LogP contribution in [0.25, 0.3) is 10.9 Å². The lowest BCUT2D eigenvalue weighted by Crippen LogP contribution is -2.33. The van der Waals surface area contributed by atoms with E-state index in [4.69, 9.17) is 0 Å². The van der Waals surface area contributed by atoms with E-state index in [-0.39, 0.29) is 17.8 Å². The van der Waals surface area contributed by atoms with E-state index < -0.39 is 11.4 Å². The lowest BCUT2D eigenvalue weighted by atomic mass is 10.1. The summed E-state index contributed by atoms with van der Waals surface area (Å²) in [5.74, 6) is -0.724. The van der Waals surface area contributed by atoms with E-state index in [0.29, 0.717) is 12.1 Å². The van der Waals surface area contributed by atoms with Crippen molar-refractivity contribution in [2.24, 2.45) is 0 Å². The minimum atomic E-state index is -0.493. The van der Waals surface area contributed by atoms with Crippen LogP contribution in [0.4, 0.5) is 4.39 Å². The maximum Gasteiger partial charge on any atom is 0.261 e. The van der Waals surface area contributed by atoms with Gasteiger partial charge in [-0.05, 0) is 24.6 Å². The number of rotatable bonds is 10. The number of hydrogen-bond donors (Lipinski definition) is 1. The van der Waals surface area contributed by atoms with Gasteiger partial charge >= 0.3 is 0 Å². The lowest BCUT2D eigenvalue weighted by Gasteiger charge is -2.08. The maximum atomic E-state index is 13.3. The molecule has 0 unspecified atom stereocenters. The first kappa shape index (κ1) is 19.1. The van der Waals surface area contributed by atoms with Crippen LogP contribution in [0.1, 0.15) is 51.9 Å². The fourth-order valence-electron chi connectivity index (χ4n) is 2.76. The van der Waals surface area contributed by atoms with Gasteiger partial charge in [-0.2, -0.15) is 0 Å². The molecule has 0 spiro atoms. The highest BCUT2D eigenvalue weighted by atomic mass is 19.1. The van der Waals surface area contributed by atoms with E-state index in [0.717, 1.165) is 18.9 Å². The van der Waals surface area contributed by atoms with Gasteiger partial charge in [-0.3, -0.25) is 14.2 Å². The second-order valence-electron chi connectivity index (χ2n) is 6.31. The molecule has 0 atom stereocenters. The predicted octanol–water partition coefficient (Wildman–Crippen LogP) is 3.40. The molecule has 0 saturated carbocycles. The molecule has 6 heteroatoms. The van der Waals surface area contributed by atoms with Gasteiger partial charge in [-0.25, -0.2) is 9.37 Å². The Morgan fingerprint density at radius 2 is 1.88 bits per heavy atom. The number of carbonyl (C=O) groups is 1. The van der Waals surface area contributed by atoms with Crippen LogP contribution in [0.2, 0.25) is 0 Å². The fraction of sp³-hybridized carbons (Fsp3) is 0.526. The van der Waals surface area contributed by atoms with Crippen molar-refractivity contribution < 1.29 is 9.18 Å². The molecule has 1 amide bonds. The van der Waals surface area contributed by atoms with Crippen molar-refractivity contribution in [2.75, 3.05) is 6.54 Å². The van der Waals surface area contributed by atoms with Crippen molar-refractivity contribution >= 4 is 16.8 Å². The molecule has 136 valence electrons. The molecule has 0 radical (unpaired) electrons. The zero-order valence-corrected chi connectivity index (χ0v) is 14.8. The standard InChI is InChI=1S/C19H26FN3O2/c1-2-3-4-5-6-7-8-11-21-18(24)13-23-14-22-17-10-9-15(20)12-16(17)19(23)25/h9-10,12,14H,2-8,11,13H2,1H3,(H,21,24). The van der Waals surface area contributed by atoms with Crippen molar-refractivity contribution in [3.8, 4) is 0 Å². The molecule has 1 N–H and O–H groups in total. The van der Waals surface area contributed by atoms with Crippen LogP contribution in [0.5, 0.6) is 0 Å². The number of carbonyl (C=O) groups excluding carboxylic acids is 1. The number of unbranched alkanes of at least 4 members (excludes halogenated alkanes) is 6. The minimum absolute atomic E-state index is 0.102. The normalized spacial score (nSPS) is 11.0. The number of benzene rings is 1. The predicted molar refractivity (Wildman–Crippen MR) is 97.0 cm³/mol. The number of amides is 1. The highest BCUT2D eigenvalue weighted by Crippen LogP contribution is 2.08. The Labute approximate surface area is 147 Å². The van der Waals surface area contributed by atoms with Crippen molar-refractivity contribution in [3.63, 3.8) is 0 Å². The molecule has 0 aliphatic carbocycles. The molecule has 1 aromatic carbocycles. The molecule has 1 aromatic heterocycles. The van der Waals surface area contributed by atoms with E-state index in [2.05, 4.69) is 17.2 Å². The zero-order chi connectivity index (χ0) is 18.1. The summed E-state index contributed by atoms with van der Waals surface area (Å²) in [6.07, 6.45) is 9.61. The molecule has 1 heterocycles. The molecule has 0 saturated heterocycles. The van der Waals surface area contributed by atoms with Crippen LogP contribution in [-0.4, -0.2) is 22.0 Å². The molecule has 5 nitrogen and oxygen atoms in total. The van der Waals surface area contributed by atoms with Gasteiger partial charge in [0.15, 0.2) is 0 Å². The van der Waals surface area contributed by atoms with Gasteiger partial charge in [0.05, 0.1) is 17.2 Å². The van der Waals surface area contributed by atoms with Gasteiger partial charge < -0.3 is 5.32 Å². The fourth-order valence-corrected chi connectivity index (χ4v) is 2.76. The minimum Gasteiger partial charge on any atom is -0.355 e. The van der Waals surface area contributed by atoms with Crippen LogP contribution in [0.3, 0.4) is 0 Å². The Morgan fingerprint density at radius 3 is 2.64 bits per heavy atom. The van der Waals surface area contributed by atoms with E-state index >= 15 is 0 Å². The van der Waals surface area contributed by atoms with E-state index in [9.17, 15) is 14.0 Å². The largest absolute Gasteiger partial charge is 0.355 e. The van der Waals surface area contributed by atoms with Gasteiger partial charge in [-0.15, -0.1) is 0 Å². The summed E-state index contributed by atoms with van der Waals surface area (Å²) in [6.45, 7) is 2.70. The smallest absolute Gasteiger partial charge is 0.261 e. The number of fused-ring (bicyclic) bond motifs is 1. The molecule has 2 rings (SSSR count). The third-order valence-corrected chi connectivity index (χ3v) is 4.20. The average molecular weight is 347 g/mol. The zero-order valence-electron chi connectivity index (χ0n) is 14.8. The van der Waals surface area contributed by atoms with Crippen LogP contribution < -0.4 is 10.9 Å². The molecule has 2 aromatic rings. The molecule has 0 aliphatic heterocycles. The average Bonchev–Trinajstić information content (AvgIpc) is 2.60. The first-order chi connectivity index (χ1) is 12.1. The van der Waals surface area contributed by atoms with E-state index in [1.165, 1.54) is 55.1 Å². The van der Waals surface area contributed by atoms with Crippen LogP contribution >= 0.6 is 0 Å². The van der Waals surface area contributed by atoms with E-state index in [1.54, 1.807) is 0 Å². The van der Waals surface area contributed by atoms with Gasteiger partial charge in [0.25, 0.3) is 5.56 Å². The third kappa shape index (κ3) is 5.96. The summed E-state index contributed by atoms with van der Waals surface area (Å²) >= 11 is 0. The molecule has 0 bridgehead atoms. The van der Waals surface area contributed by atoms with E-state index in [1.807, 2.05) is 0 Å². The summed E-state index contributed by atoms with van der Waals surface area (Å²) in [4.78, 5) is 28.4. The van der Waals surface area contributed by atoms with Crippen molar-refractivity contribution in [1.82, 2.24) is 14.9 Å². The molecular weight excluding hydrogens is 321 g/mol. The van der Waals surface area contributed by atoms with Crippen LogP contribution in [0.15, 0.2) is 29.3 Å². The third-order valence-electron chi connectivity index (χ3n) is 4.20. The highest BCUT2D eigenvalue weighted by Gasteiger charge is 2.08. The number of hydrogen-bond acceptors (Lipinski definition) is 3. The topological polar surface area (TPSA) is 64.0 Å². The van der Waals surface area contributed by atoms with Gasteiger partial charge in [0.1, 0.15) is 12.4 Å². The van der Waals surface area contributed by atoms with Crippen molar-refractivity contribution in [3.05, 3.63) is 40.7 Å². The number of nitrogens with zero attached hydrogens (tertiary/aromatic N) is 2. The second kappa shape index (κ2) is 9.91. The SMILES string of the molecule is CCCCCCCCCNC(=O)Cn1cnc2ccc(F)cc2c1=O. The Balaban J connectivity index is 1.78. The summed E-state index contributed by atoms with van der Waals surface area (Å²) in [5.41, 5.74) is 0.0155. The van der Waals surface area contributed by atoms with Crippen LogP contribution in [-0.2, 0) is 11.3 Å². The van der Waals surface area contributed by atoms with Crippen molar-refractivity contribution in [1.29, 1.82) is 0 Å². The summed E-state index contributed by atoms with van der Waals surface area (Å²) < 4.78 is 14.5. The monoisotopic (exact) mass is 347 g/mol. The molecule has 25 heavy (non-hydrogen) atoms. The highest BCUT2D eigenvalue weighted by molar-refractivity contribution is 5.78. The Bertz CT molecular complexity index is 758. The summed E-state index contributed by atoms with van der Waals surface area (Å²) in [7, 11) is 0.